The van der Waals surface area contributed by atoms with E-state index in [1.54, 1.807) is 6.07 Å². The highest BCUT2D eigenvalue weighted by Crippen LogP contribution is 2.21. The summed E-state index contributed by atoms with van der Waals surface area (Å²) in [5, 5.41) is 3.01. The van der Waals surface area contributed by atoms with Gasteiger partial charge in [0.05, 0.1) is 0 Å². The van der Waals surface area contributed by atoms with Gasteiger partial charge in [-0.25, -0.2) is 8.78 Å². The molecule has 3 heteroatoms. The first-order chi connectivity index (χ1) is 7.25. The van der Waals surface area contributed by atoms with Crippen LogP contribution in [0.4, 0.5) is 8.78 Å². The molecule has 1 saturated heterocycles. The summed E-state index contributed by atoms with van der Waals surface area (Å²) >= 11 is 0. The van der Waals surface area contributed by atoms with E-state index in [-0.39, 0.29) is 11.7 Å². The van der Waals surface area contributed by atoms with E-state index in [2.05, 4.69) is 5.32 Å². The second-order valence-electron chi connectivity index (χ2n) is 4.10. The van der Waals surface area contributed by atoms with E-state index < -0.39 is 6.17 Å². The Labute approximate surface area is 88.5 Å². The van der Waals surface area contributed by atoms with E-state index in [1.165, 1.54) is 12.1 Å². The van der Waals surface area contributed by atoms with E-state index >= 15 is 0 Å². The molecule has 1 aliphatic rings. The van der Waals surface area contributed by atoms with Crippen LogP contribution in [0.15, 0.2) is 24.3 Å². The average Bonchev–Trinajstić information content (AvgIpc) is 2.22. The van der Waals surface area contributed by atoms with E-state index in [0.717, 1.165) is 18.5 Å². The van der Waals surface area contributed by atoms with Crippen molar-refractivity contribution >= 4 is 0 Å². The number of nitrogens with one attached hydrogen (secondary N) is 1. The van der Waals surface area contributed by atoms with Crippen LogP contribution < -0.4 is 5.32 Å². The zero-order chi connectivity index (χ0) is 10.7. The third kappa shape index (κ3) is 2.75. The van der Waals surface area contributed by atoms with Gasteiger partial charge in [-0.1, -0.05) is 12.1 Å². The number of piperidine rings is 1. The monoisotopic (exact) mass is 211 g/mol. The molecule has 0 amide bonds. The molecule has 1 aromatic rings. The van der Waals surface area contributed by atoms with E-state index in [4.69, 9.17) is 0 Å². The molecule has 1 aromatic carbocycles. The first kappa shape index (κ1) is 10.6. The Morgan fingerprint density at radius 3 is 3.00 bits per heavy atom. The minimum atomic E-state index is -0.804. The van der Waals surface area contributed by atoms with Gasteiger partial charge in [0, 0.05) is 6.54 Å². The number of hydrogen-bond donors (Lipinski definition) is 1. The fraction of sp³-hybridized carbons (Fsp3) is 0.500. The molecular weight excluding hydrogens is 196 g/mol. The molecule has 2 rings (SSSR count). The molecule has 2 atom stereocenters. The van der Waals surface area contributed by atoms with Gasteiger partial charge in [-0.3, -0.25) is 0 Å². The minimum absolute atomic E-state index is 0.0352. The topological polar surface area (TPSA) is 12.0 Å². The first-order valence-electron chi connectivity index (χ1n) is 5.35. The van der Waals surface area contributed by atoms with Crippen LogP contribution in [0.3, 0.4) is 0 Å². The van der Waals surface area contributed by atoms with Gasteiger partial charge >= 0.3 is 0 Å². The van der Waals surface area contributed by atoms with Gasteiger partial charge in [0.1, 0.15) is 12.0 Å². The Morgan fingerprint density at radius 2 is 2.27 bits per heavy atom. The first-order valence-corrected chi connectivity index (χ1v) is 5.35. The van der Waals surface area contributed by atoms with Crippen molar-refractivity contribution in [3.63, 3.8) is 0 Å². The molecule has 15 heavy (non-hydrogen) atoms. The number of rotatable bonds is 2. The molecule has 1 N–H and O–H groups in total. The molecule has 0 aromatic heterocycles. The van der Waals surface area contributed by atoms with Crippen LogP contribution in [0.25, 0.3) is 0 Å². The van der Waals surface area contributed by atoms with Gasteiger partial charge in [-0.05, 0) is 43.0 Å². The normalized spacial score (nSPS) is 26.5. The van der Waals surface area contributed by atoms with Crippen molar-refractivity contribution in [2.24, 2.45) is 5.92 Å². The van der Waals surface area contributed by atoms with Crippen molar-refractivity contribution in [1.82, 2.24) is 5.32 Å². The SMILES string of the molecule is Fc1cccc(CC2CCNCC2F)c1. The largest absolute Gasteiger partial charge is 0.314 e. The second-order valence-corrected chi connectivity index (χ2v) is 4.10. The fourth-order valence-corrected chi connectivity index (χ4v) is 2.07. The van der Waals surface area contributed by atoms with Crippen molar-refractivity contribution in [1.29, 1.82) is 0 Å². The molecule has 0 radical (unpaired) electrons. The highest BCUT2D eigenvalue weighted by molar-refractivity contribution is 5.17. The lowest BCUT2D eigenvalue weighted by atomic mass is 9.89. The Morgan fingerprint density at radius 1 is 1.40 bits per heavy atom. The van der Waals surface area contributed by atoms with Gasteiger partial charge in [0.15, 0.2) is 0 Å². The molecule has 1 aliphatic heterocycles. The lowest BCUT2D eigenvalue weighted by Gasteiger charge is -2.26. The lowest BCUT2D eigenvalue weighted by molar-refractivity contribution is 0.179. The van der Waals surface area contributed by atoms with Crippen LogP contribution in [-0.2, 0) is 6.42 Å². The summed E-state index contributed by atoms with van der Waals surface area (Å²) in [6.45, 7) is 1.29. The zero-order valence-corrected chi connectivity index (χ0v) is 8.55. The Kier molecular flexibility index (Phi) is 3.31. The van der Waals surface area contributed by atoms with Crippen molar-refractivity contribution < 1.29 is 8.78 Å². The van der Waals surface area contributed by atoms with Gasteiger partial charge in [-0.15, -0.1) is 0 Å². The second kappa shape index (κ2) is 4.71. The number of alkyl halides is 1. The van der Waals surface area contributed by atoms with Crippen molar-refractivity contribution in [3.8, 4) is 0 Å². The lowest BCUT2D eigenvalue weighted by Crippen LogP contribution is -2.38. The van der Waals surface area contributed by atoms with E-state index in [9.17, 15) is 8.78 Å². The maximum Gasteiger partial charge on any atom is 0.123 e. The van der Waals surface area contributed by atoms with Crippen LogP contribution in [0.1, 0.15) is 12.0 Å². The highest BCUT2D eigenvalue weighted by atomic mass is 19.1. The maximum absolute atomic E-state index is 13.5. The van der Waals surface area contributed by atoms with E-state index in [1.807, 2.05) is 6.07 Å². The van der Waals surface area contributed by atoms with Gasteiger partial charge in [-0.2, -0.15) is 0 Å². The summed E-state index contributed by atoms with van der Waals surface area (Å²) < 4.78 is 26.4. The summed E-state index contributed by atoms with van der Waals surface area (Å²) in [5.74, 6) is -0.204. The van der Waals surface area contributed by atoms with Crippen LogP contribution in [0.5, 0.6) is 0 Å². The van der Waals surface area contributed by atoms with Crippen molar-refractivity contribution in [2.45, 2.75) is 19.0 Å². The smallest absolute Gasteiger partial charge is 0.123 e. The molecule has 82 valence electrons. The molecule has 1 fully saturated rings. The molecule has 0 bridgehead atoms. The van der Waals surface area contributed by atoms with Gasteiger partial charge in [0.25, 0.3) is 0 Å². The summed E-state index contributed by atoms with van der Waals surface area (Å²) in [5.41, 5.74) is 0.893. The fourth-order valence-electron chi connectivity index (χ4n) is 2.07. The van der Waals surface area contributed by atoms with Gasteiger partial charge in [0.2, 0.25) is 0 Å². The molecule has 0 spiro atoms. The third-order valence-electron chi connectivity index (χ3n) is 2.93. The zero-order valence-electron chi connectivity index (χ0n) is 8.55. The summed E-state index contributed by atoms with van der Waals surface area (Å²) in [4.78, 5) is 0. The molecule has 1 nitrogen and oxygen atoms in total. The summed E-state index contributed by atoms with van der Waals surface area (Å²) in [6, 6.07) is 6.45. The molecule has 2 unspecified atom stereocenters. The average molecular weight is 211 g/mol. The highest BCUT2D eigenvalue weighted by Gasteiger charge is 2.24. The number of benzene rings is 1. The third-order valence-corrected chi connectivity index (χ3v) is 2.93. The summed E-state index contributed by atoms with van der Waals surface area (Å²) in [6.07, 6.45) is 0.667. The number of halogens is 2. The quantitative estimate of drug-likeness (QED) is 0.791. The standard InChI is InChI=1S/C12H15F2N/c13-11-3-1-2-9(7-11)6-10-4-5-15-8-12(10)14/h1-3,7,10,12,15H,4-6,8H2. The van der Waals surface area contributed by atoms with Crippen LogP contribution in [0, 0.1) is 11.7 Å². The summed E-state index contributed by atoms with van der Waals surface area (Å²) in [7, 11) is 0. The molecule has 0 aliphatic carbocycles. The number of hydrogen-bond acceptors (Lipinski definition) is 1. The molecular formula is C12H15F2N. The predicted molar refractivity (Wildman–Crippen MR) is 56.0 cm³/mol. The van der Waals surface area contributed by atoms with Crippen molar-refractivity contribution in [3.05, 3.63) is 35.6 Å². The van der Waals surface area contributed by atoms with Crippen LogP contribution in [0.2, 0.25) is 0 Å². The molecule has 1 heterocycles. The predicted octanol–water partition coefficient (Wildman–Crippen LogP) is 2.32. The van der Waals surface area contributed by atoms with Gasteiger partial charge < -0.3 is 5.32 Å². The Balaban J connectivity index is 2.01. The Bertz CT molecular complexity index is 327. The van der Waals surface area contributed by atoms with Crippen LogP contribution in [-0.4, -0.2) is 19.3 Å². The maximum atomic E-state index is 13.5. The Hall–Kier alpha value is -0.960. The molecule has 0 saturated carbocycles. The van der Waals surface area contributed by atoms with E-state index in [0.29, 0.717) is 13.0 Å². The minimum Gasteiger partial charge on any atom is -0.314 e. The van der Waals surface area contributed by atoms with Crippen LogP contribution >= 0.6 is 0 Å². The van der Waals surface area contributed by atoms with Crippen molar-refractivity contribution in [2.75, 3.05) is 13.1 Å².